The van der Waals surface area contributed by atoms with E-state index < -0.39 is 0 Å². The average molecular weight is 288 g/mol. The van der Waals surface area contributed by atoms with Gasteiger partial charge < -0.3 is 5.73 Å². The van der Waals surface area contributed by atoms with Crippen molar-refractivity contribution in [3.05, 3.63) is 36.3 Å². The second-order valence-electron chi connectivity index (χ2n) is 3.98. The maximum atomic E-state index is 5.95. The van der Waals surface area contributed by atoms with E-state index in [0.29, 0.717) is 5.69 Å². The lowest BCUT2D eigenvalue weighted by molar-refractivity contribution is 0.972. The zero-order valence-corrected chi connectivity index (χ0v) is 12.0. The van der Waals surface area contributed by atoms with E-state index in [1.54, 1.807) is 18.0 Å². The number of anilines is 1. The molecule has 0 amide bonds. The van der Waals surface area contributed by atoms with Gasteiger partial charge in [0.15, 0.2) is 4.34 Å². The molecule has 3 rings (SSSR count). The van der Waals surface area contributed by atoms with Crippen molar-refractivity contribution in [2.24, 2.45) is 0 Å². The smallest absolute Gasteiger partial charge is 0.174 e. The molecule has 2 aromatic heterocycles. The minimum atomic E-state index is 0.700. The number of aryl methyl sites for hydroxylation is 1. The third-order valence-electron chi connectivity index (χ3n) is 2.73. The number of nitrogen functional groups attached to an aromatic ring is 1. The van der Waals surface area contributed by atoms with Crippen molar-refractivity contribution < 1.29 is 0 Å². The number of pyridine rings is 1. The Bertz CT molecular complexity index is 723. The third kappa shape index (κ3) is 2.41. The fourth-order valence-corrected chi connectivity index (χ4v) is 3.55. The molecule has 0 aliphatic carbocycles. The Kier molecular flexibility index (Phi) is 3.35. The van der Waals surface area contributed by atoms with Gasteiger partial charge in [-0.3, -0.25) is 4.98 Å². The van der Waals surface area contributed by atoms with Crippen LogP contribution >= 0.6 is 23.3 Å². The van der Waals surface area contributed by atoms with Crippen LogP contribution in [0.1, 0.15) is 12.7 Å². The molecular formula is C13H12N4S2. The predicted octanol–water partition coefficient (Wildman–Crippen LogP) is 3.38. The molecule has 1 aromatic carbocycles. The van der Waals surface area contributed by atoms with Crippen molar-refractivity contribution in [2.75, 3.05) is 5.73 Å². The molecule has 96 valence electrons. The van der Waals surface area contributed by atoms with Gasteiger partial charge >= 0.3 is 0 Å². The maximum absolute atomic E-state index is 5.95. The van der Waals surface area contributed by atoms with E-state index >= 15 is 0 Å². The number of rotatable bonds is 3. The third-order valence-corrected chi connectivity index (χ3v) is 4.59. The topological polar surface area (TPSA) is 64.7 Å². The largest absolute Gasteiger partial charge is 0.397 e. The molecule has 3 aromatic rings. The molecule has 0 aliphatic rings. The van der Waals surface area contributed by atoms with Gasteiger partial charge in [-0.1, -0.05) is 30.8 Å². The number of para-hydroxylation sites is 1. The molecule has 4 nitrogen and oxygen atoms in total. The van der Waals surface area contributed by atoms with E-state index in [1.165, 1.54) is 11.5 Å². The number of nitrogens with two attached hydrogens (primary N) is 1. The van der Waals surface area contributed by atoms with Crippen LogP contribution in [0, 0.1) is 0 Å². The van der Waals surface area contributed by atoms with Crippen LogP contribution in [-0.4, -0.2) is 14.3 Å². The summed E-state index contributed by atoms with van der Waals surface area (Å²) in [5, 5.41) is 1.06. The molecular weight excluding hydrogens is 276 g/mol. The number of aromatic nitrogens is 3. The van der Waals surface area contributed by atoms with Crippen molar-refractivity contribution in [1.82, 2.24) is 14.3 Å². The van der Waals surface area contributed by atoms with Crippen molar-refractivity contribution in [3.63, 3.8) is 0 Å². The minimum Gasteiger partial charge on any atom is -0.397 e. The first-order valence-electron chi connectivity index (χ1n) is 5.91. The summed E-state index contributed by atoms with van der Waals surface area (Å²) in [6.07, 6.45) is 2.64. The van der Waals surface area contributed by atoms with E-state index in [1.807, 2.05) is 24.3 Å². The van der Waals surface area contributed by atoms with Crippen LogP contribution in [0.3, 0.4) is 0 Å². The van der Waals surface area contributed by atoms with Crippen molar-refractivity contribution >= 4 is 39.9 Å². The zero-order chi connectivity index (χ0) is 13.2. The van der Waals surface area contributed by atoms with E-state index in [4.69, 9.17) is 5.73 Å². The van der Waals surface area contributed by atoms with Crippen LogP contribution in [0.4, 0.5) is 5.69 Å². The fraction of sp³-hybridized carbons (Fsp3) is 0.154. The summed E-state index contributed by atoms with van der Waals surface area (Å²) in [7, 11) is 0. The number of hydrogen-bond acceptors (Lipinski definition) is 6. The van der Waals surface area contributed by atoms with Crippen LogP contribution in [0.2, 0.25) is 0 Å². The van der Waals surface area contributed by atoms with Gasteiger partial charge in [0.1, 0.15) is 5.82 Å². The highest BCUT2D eigenvalue weighted by Crippen LogP contribution is 2.34. The standard InChI is InChI=1S/C13H12N4S2/c1-2-11-16-13(19-17-11)18-10-6-7-15-12-8(10)4-3-5-9(12)14/h3-7H,2,14H2,1H3. The van der Waals surface area contributed by atoms with Crippen LogP contribution in [0.5, 0.6) is 0 Å². The van der Waals surface area contributed by atoms with Crippen molar-refractivity contribution in [1.29, 1.82) is 0 Å². The van der Waals surface area contributed by atoms with Gasteiger partial charge in [-0.15, -0.1) is 0 Å². The van der Waals surface area contributed by atoms with Crippen LogP contribution in [0.15, 0.2) is 39.7 Å². The maximum Gasteiger partial charge on any atom is 0.174 e. The molecule has 0 spiro atoms. The van der Waals surface area contributed by atoms with Gasteiger partial charge in [-0.2, -0.15) is 4.37 Å². The summed E-state index contributed by atoms with van der Waals surface area (Å²) >= 11 is 3.04. The zero-order valence-electron chi connectivity index (χ0n) is 10.3. The molecule has 19 heavy (non-hydrogen) atoms. The molecule has 6 heteroatoms. The molecule has 2 heterocycles. The molecule has 0 atom stereocenters. The monoisotopic (exact) mass is 288 g/mol. The van der Waals surface area contributed by atoms with E-state index in [9.17, 15) is 0 Å². The van der Waals surface area contributed by atoms with Gasteiger partial charge in [0.2, 0.25) is 0 Å². The van der Waals surface area contributed by atoms with E-state index in [2.05, 4.69) is 21.3 Å². The lowest BCUT2D eigenvalue weighted by atomic mass is 10.2. The predicted molar refractivity (Wildman–Crippen MR) is 79.6 cm³/mol. The molecule has 0 fully saturated rings. The molecule has 0 aliphatic heterocycles. The normalized spacial score (nSPS) is 11.0. The quantitative estimate of drug-likeness (QED) is 0.748. The Morgan fingerprint density at radius 2 is 2.21 bits per heavy atom. The van der Waals surface area contributed by atoms with Crippen molar-refractivity contribution in [3.8, 4) is 0 Å². The second kappa shape index (κ2) is 5.14. The van der Waals surface area contributed by atoms with Gasteiger partial charge in [0.05, 0.1) is 11.2 Å². The summed E-state index contributed by atoms with van der Waals surface area (Å²) < 4.78 is 5.25. The summed E-state index contributed by atoms with van der Waals surface area (Å²) in [5.74, 6) is 0.894. The number of nitrogens with zero attached hydrogens (tertiary/aromatic N) is 3. The SMILES string of the molecule is CCc1nsc(Sc2ccnc3c(N)cccc23)n1. The lowest BCUT2D eigenvalue weighted by Crippen LogP contribution is -1.90. The lowest BCUT2D eigenvalue weighted by Gasteiger charge is -2.05. The second-order valence-corrected chi connectivity index (χ2v) is 6.03. The summed E-state index contributed by atoms with van der Waals surface area (Å²) in [6.45, 7) is 2.05. The van der Waals surface area contributed by atoms with Gasteiger partial charge in [0.25, 0.3) is 0 Å². The highest BCUT2D eigenvalue weighted by molar-refractivity contribution is 8.01. The first-order valence-corrected chi connectivity index (χ1v) is 7.50. The fourth-order valence-electron chi connectivity index (χ4n) is 1.78. The number of benzene rings is 1. The van der Waals surface area contributed by atoms with Crippen LogP contribution in [-0.2, 0) is 6.42 Å². The Morgan fingerprint density at radius 3 is 3.00 bits per heavy atom. The van der Waals surface area contributed by atoms with Crippen LogP contribution in [0.25, 0.3) is 10.9 Å². The Morgan fingerprint density at radius 1 is 1.32 bits per heavy atom. The first-order chi connectivity index (χ1) is 9.28. The Labute approximate surface area is 119 Å². The van der Waals surface area contributed by atoms with Gasteiger partial charge in [0, 0.05) is 22.9 Å². The molecule has 0 unspecified atom stereocenters. The van der Waals surface area contributed by atoms with Crippen molar-refractivity contribution in [2.45, 2.75) is 22.6 Å². The molecule has 0 radical (unpaired) electrons. The highest BCUT2D eigenvalue weighted by atomic mass is 32.2. The Balaban J connectivity index is 2.03. The van der Waals surface area contributed by atoms with Gasteiger partial charge in [-0.25, -0.2) is 4.98 Å². The average Bonchev–Trinajstić information content (AvgIpc) is 2.88. The first kappa shape index (κ1) is 12.4. The van der Waals surface area contributed by atoms with E-state index in [0.717, 1.165) is 32.4 Å². The van der Waals surface area contributed by atoms with E-state index in [-0.39, 0.29) is 0 Å². The Hall–Kier alpha value is -1.66. The number of fused-ring (bicyclic) bond motifs is 1. The molecule has 0 bridgehead atoms. The minimum absolute atomic E-state index is 0.700. The van der Waals surface area contributed by atoms with Crippen LogP contribution < -0.4 is 5.73 Å². The molecule has 0 saturated carbocycles. The summed E-state index contributed by atoms with van der Waals surface area (Å²) in [5.41, 5.74) is 7.49. The van der Waals surface area contributed by atoms with Gasteiger partial charge in [-0.05, 0) is 23.7 Å². The number of hydrogen-bond donors (Lipinski definition) is 1. The summed E-state index contributed by atoms with van der Waals surface area (Å²) in [6, 6.07) is 7.83. The summed E-state index contributed by atoms with van der Waals surface area (Å²) in [4.78, 5) is 9.91. The molecule has 2 N–H and O–H groups in total. The highest BCUT2D eigenvalue weighted by Gasteiger charge is 2.09. The molecule has 0 saturated heterocycles.